The second-order valence-corrected chi connectivity index (χ2v) is 4.01. The van der Waals surface area contributed by atoms with Crippen LogP contribution in [0.15, 0.2) is 41.1 Å². The zero-order valence-electron chi connectivity index (χ0n) is 9.74. The van der Waals surface area contributed by atoms with E-state index in [9.17, 15) is 5.11 Å². The predicted molar refractivity (Wildman–Crippen MR) is 65.7 cm³/mol. The van der Waals surface area contributed by atoms with Crippen LogP contribution in [0, 0.1) is 0 Å². The smallest absolute Gasteiger partial charge is 0.277 e. The van der Waals surface area contributed by atoms with Gasteiger partial charge in [0, 0.05) is 11.6 Å². The summed E-state index contributed by atoms with van der Waals surface area (Å²) < 4.78 is 5.14. The molecule has 0 fully saturated rings. The number of hydrogen-bond acceptors (Lipinski definition) is 5. The normalized spacial score (nSPS) is 12.8. The third-order valence-electron chi connectivity index (χ3n) is 2.69. The number of hydrogen-bond donors (Lipinski definition) is 1. The highest BCUT2D eigenvalue weighted by Gasteiger charge is 2.15. The van der Waals surface area contributed by atoms with Crippen LogP contribution >= 0.6 is 0 Å². The molecule has 90 valence electrons. The van der Waals surface area contributed by atoms with Gasteiger partial charge in [0.1, 0.15) is 11.8 Å². The number of aromatic nitrogens is 3. The summed E-state index contributed by atoms with van der Waals surface area (Å²) in [6.07, 6.45) is 0.946. The van der Waals surface area contributed by atoms with E-state index in [1.54, 1.807) is 13.1 Å². The Bertz CT molecular complexity index is 686. The summed E-state index contributed by atoms with van der Waals surface area (Å²) in [6, 6.07) is 9.75. The maximum atomic E-state index is 9.39. The van der Waals surface area contributed by atoms with Crippen LogP contribution < -0.4 is 0 Å². The molecule has 0 aliphatic carbocycles. The predicted octanol–water partition coefficient (Wildman–Crippen LogP) is 2.34. The van der Waals surface area contributed by atoms with E-state index in [-0.39, 0.29) is 5.82 Å². The molecule has 3 rings (SSSR count). The zero-order chi connectivity index (χ0) is 12.5. The Morgan fingerprint density at radius 1 is 1.22 bits per heavy atom. The molecule has 0 aliphatic heterocycles. The number of nitrogens with zero attached hydrogens (tertiary/aromatic N) is 3. The molecule has 1 unspecified atom stereocenters. The van der Waals surface area contributed by atoms with Crippen molar-refractivity contribution in [3.63, 3.8) is 0 Å². The van der Waals surface area contributed by atoms with Crippen LogP contribution in [0.25, 0.3) is 22.4 Å². The molecule has 0 aliphatic rings. The molecule has 0 bridgehead atoms. The number of benzene rings is 1. The van der Waals surface area contributed by atoms with Gasteiger partial charge in [-0.1, -0.05) is 29.4 Å². The first kappa shape index (κ1) is 10.9. The van der Waals surface area contributed by atoms with Gasteiger partial charge in [0.25, 0.3) is 5.89 Å². The fraction of sp³-hybridized carbons (Fsp3) is 0.154. The van der Waals surface area contributed by atoms with E-state index < -0.39 is 6.10 Å². The largest absolute Gasteiger partial charge is 0.385 e. The molecule has 18 heavy (non-hydrogen) atoms. The van der Waals surface area contributed by atoms with Crippen LogP contribution in [-0.2, 0) is 0 Å². The lowest BCUT2D eigenvalue weighted by atomic mass is 10.1. The van der Waals surface area contributed by atoms with E-state index in [0.29, 0.717) is 11.6 Å². The van der Waals surface area contributed by atoms with Gasteiger partial charge in [-0.3, -0.25) is 4.98 Å². The van der Waals surface area contributed by atoms with Gasteiger partial charge in [-0.25, -0.2) is 0 Å². The zero-order valence-corrected chi connectivity index (χ0v) is 9.74. The fourth-order valence-electron chi connectivity index (χ4n) is 1.79. The summed E-state index contributed by atoms with van der Waals surface area (Å²) in [5.74, 6) is 0.586. The molecule has 0 radical (unpaired) electrons. The third kappa shape index (κ3) is 1.74. The van der Waals surface area contributed by atoms with Crippen molar-refractivity contribution in [2.45, 2.75) is 13.0 Å². The lowest BCUT2D eigenvalue weighted by molar-refractivity contribution is 0.184. The number of fused-ring (bicyclic) bond motifs is 1. The SMILES string of the molecule is CC(O)c1noc(-c2nccc3ccccc23)n1. The summed E-state index contributed by atoms with van der Waals surface area (Å²) in [5.41, 5.74) is 0.632. The molecule has 2 aromatic heterocycles. The molecule has 1 N–H and O–H groups in total. The third-order valence-corrected chi connectivity index (χ3v) is 2.69. The van der Waals surface area contributed by atoms with Gasteiger partial charge in [-0.15, -0.1) is 0 Å². The van der Waals surface area contributed by atoms with Gasteiger partial charge >= 0.3 is 0 Å². The summed E-state index contributed by atoms with van der Waals surface area (Å²) in [7, 11) is 0. The highest BCUT2D eigenvalue weighted by molar-refractivity contribution is 5.92. The van der Waals surface area contributed by atoms with Gasteiger partial charge in [0.05, 0.1) is 0 Å². The Kier molecular flexibility index (Phi) is 2.53. The first-order valence-electron chi connectivity index (χ1n) is 5.61. The number of rotatable bonds is 2. The van der Waals surface area contributed by atoms with Crippen molar-refractivity contribution in [2.75, 3.05) is 0 Å². The minimum atomic E-state index is -0.752. The Morgan fingerprint density at radius 2 is 2.06 bits per heavy atom. The molecule has 1 atom stereocenters. The Hall–Kier alpha value is -2.27. The van der Waals surface area contributed by atoms with Crippen molar-refractivity contribution in [3.8, 4) is 11.6 Å². The second-order valence-electron chi connectivity index (χ2n) is 4.01. The Morgan fingerprint density at radius 3 is 2.83 bits per heavy atom. The minimum Gasteiger partial charge on any atom is -0.385 e. The quantitative estimate of drug-likeness (QED) is 0.745. The average molecular weight is 241 g/mol. The van der Waals surface area contributed by atoms with Crippen molar-refractivity contribution < 1.29 is 9.63 Å². The van der Waals surface area contributed by atoms with Crippen molar-refractivity contribution in [3.05, 3.63) is 42.4 Å². The van der Waals surface area contributed by atoms with Crippen molar-refractivity contribution in [1.82, 2.24) is 15.1 Å². The molecule has 5 heteroatoms. The van der Waals surface area contributed by atoms with E-state index in [2.05, 4.69) is 15.1 Å². The highest BCUT2D eigenvalue weighted by atomic mass is 16.5. The average Bonchev–Trinajstić information content (AvgIpc) is 2.87. The van der Waals surface area contributed by atoms with Crippen LogP contribution in [0.1, 0.15) is 18.9 Å². The summed E-state index contributed by atoms with van der Waals surface area (Å²) in [5, 5.41) is 15.1. The lowest BCUT2D eigenvalue weighted by Gasteiger charge is -2.00. The first-order chi connectivity index (χ1) is 8.75. The van der Waals surface area contributed by atoms with Gasteiger partial charge in [0.15, 0.2) is 5.82 Å². The fourth-order valence-corrected chi connectivity index (χ4v) is 1.79. The molecule has 0 saturated carbocycles. The van der Waals surface area contributed by atoms with Gasteiger partial charge in [-0.2, -0.15) is 4.98 Å². The maximum absolute atomic E-state index is 9.39. The highest BCUT2D eigenvalue weighted by Crippen LogP contribution is 2.25. The van der Waals surface area contributed by atoms with Crippen LogP contribution in [0.2, 0.25) is 0 Å². The standard InChI is InChI=1S/C13H11N3O2/c1-8(17)12-15-13(18-16-12)11-10-5-3-2-4-9(10)6-7-14-11/h2-8,17H,1H3. The molecule has 5 nitrogen and oxygen atoms in total. The van der Waals surface area contributed by atoms with Crippen LogP contribution in [0.5, 0.6) is 0 Å². The van der Waals surface area contributed by atoms with E-state index >= 15 is 0 Å². The Labute approximate surface area is 103 Å². The van der Waals surface area contributed by atoms with Crippen LogP contribution in [-0.4, -0.2) is 20.2 Å². The van der Waals surface area contributed by atoms with Crippen molar-refractivity contribution in [1.29, 1.82) is 0 Å². The molecule has 0 saturated heterocycles. The monoisotopic (exact) mass is 241 g/mol. The van der Waals surface area contributed by atoms with Crippen molar-refractivity contribution in [2.24, 2.45) is 0 Å². The summed E-state index contributed by atoms with van der Waals surface area (Å²) in [6.45, 7) is 1.59. The number of pyridine rings is 1. The lowest BCUT2D eigenvalue weighted by Crippen LogP contribution is -1.93. The van der Waals surface area contributed by atoms with Crippen LogP contribution in [0.4, 0.5) is 0 Å². The molecule has 1 aromatic carbocycles. The van der Waals surface area contributed by atoms with Gasteiger partial charge in [0.2, 0.25) is 0 Å². The molecular formula is C13H11N3O2. The minimum absolute atomic E-state index is 0.264. The summed E-state index contributed by atoms with van der Waals surface area (Å²) >= 11 is 0. The molecule has 0 spiro atoms. The molecule has 2 heterocycles. The van der Waals surface area contributed by atoms with E-state index in [1.165, 1.54) is 0 Å². The van der Waals surface area contributed by atoms with E-state index in [4.69, 9.17) is 4.52 Å². The topological polar surface area (TPSA) is 72.0 Å². The molecular weight excluding hydrogens is 230 g/mol. The summed E-state index contributed by atoms with van der Waals surface area (Å²) in [4.78, 5) is 8.41. The molecule has 0 amide bonds. The van der Waals surface area contributed by atoms with Gasteiger partial charge in [-0.05, 0) is 18.4 Å². The van der Waals surface area contributed by atoms with Crippen molar-refractivity contribution >= 4 is 10.8 Å². The number of aliphatic hydroxyl groups excluding tert-OH is 1. The maximum Gasteiger partial charge on any atom is 0.277 e. The Balaban J connectivity index is 2.18. The van der Waals surface area contributed by atoms with E-state index in [1.807, 2.05) is 30.3 Å². The van der Waals surface area contributed by atoms with E-state index in [0.717, 1.165) is 10.8 Å². The van der Waals surface area contributed by atoms with Gasteiger partial charge < -0.3 is 9.63 Å². The first-order valence-corrected chi connectivity index (χ1v) is 5.61. The number of aliphatic hydroxyl groups is 1. The molecule has 3 aromatic rings. The van der Waals surface area contributed by atoms with Crippen LogP contribution in [0.3, 0.4) is 0 Å². The second kappa shape index (κ2) is 4.19.